The van der Waals surface area contributed by atoms with Gasteiger partial charge < -0.3 is 14.4 Å². The molecule has 1 aliphatic rings. The van der Waals surface area contributed by atoms with Crippen LogP contribution in [0.2, 0.25) is 0 Å². The fraction of sp³-hybridized carbons (Fsp3) is 0.571. The van der Waals surface area contributed by atoms with Gasteiger partial charge in [-0.05, 0) is 51.5 Å². The molecular weight excluding hydrogens is 314 g/mol. The maximum Gasteiger partial charge on any atom is 0.410 e. The normalized spacial score (nSPS) is 18.5. The van der Waals surface area contributed by atoms with Gasteiger partial charge in [0.1, 0.15) is 5.60 Å². The average Bonchev–Trinajstić information content (AvgIpc) is 2.58. The zero-order chi connectivity index (χ0) is 18.1. The molecule has 2 rings (SSSR count). The highest BCUT2D eigenvalue weighted by Gasteiger charge is 2.26. The molecule has 1 aromatic rings. The summed E-state index contributed by atoms with van der Waals surface area (Å²) in [5.74, 6) is 0.412. The monoisotopic (exact) mass is 345 g/mol. The molecule has 1 amide bonds. The summed E-state index contributed by atoms with van der Waals surface area (Å²) in [6.07, 6.45) is 7.25. The SMILES string of the molecule is CC(C)(C)OC(=O)N1CCC[C@H](/C=C/CCOCc2ccccc2)C1. The zero-order valence-corrected chi connectivity index (χ0v) is 15.7. The smallest absolute Gasteiger partial charge is 0.410 e. The van der Waals surface area contributed by atoms with E-state index in [9.17, 15) is 4.79 Å². The Hall–Kier alpha value is -1.81. The van der Waals surface area contributed by atoms with Crippen molar-refractivity contribution in [1.29, 1.82) is 0 Å². The van der Waals surface area contributed by atoms with Crippen molar-refractivity contribution in [3.8, 4) is 0 Å². The van der Waals surface area contributed by atoms with Crippen molar-refractivity contribution >= 4 is 6.09 Å². The third kappa shape index (κ3) is 7.74. The third-order valence-electron chi connectivity index (χ3n) is 4.06. The molecule has 0 spiro atoms. The van der Waals surface area contributed by atoms with Crippen molar-refractivity contribution in [3.63, 3.8) is 0 Å². The van der Waals surface area contributed by atoms with Gasteiger partial charge in [-0.2, -0.15) is 0 Å². The van der Waals surface area contributed by atoms with Gasteiger partial charge in [-0.1, -0.05) is 42.5 Å². The quantitative estimate of drug-likeness (QED) is 0.549. The first-order valence-corrected chi connectivity index (χ1v) is 9.20. The number of carbonyl (C=O) groups is 1. The summed E-state index contributed by atoms with van der Waals surface area (Å²) in [6.45, 7) is 8.62. The van der Waals surface area contributed by atoms with E-state index in [0.29, 0.717) is 19.1 Å². The van der Waals surface area contributed by atoms with Crippen LogP contribution >= 0.6 is 0 Å². The van der Waals surface area contributed by atoms with Crippen molar-refractivity contribution in [2.24, 2.45) is 5.92 Å². The number of piperidine rings is 1. The number of benzene rings is 1. The van der Waals surface area contributed by atoms with Crippen LogP contribution in [0.4, 0.5) is 4.79 Å². The lowest BCUT2D eigenvalue weighted by molar-refractivity contribution is 0.0186. The van der Waals surface area contributed by atoms with Crippen LogP contribution < -0.4 is 0 Å². The summed E-state index contributed by atoms with van der Waals surface area (Å²) in [4.78, 5) is 14.0. The van der Waals surface area contributed by atoms with E-state index in [4.69, 9.17) is 9.47 Å². The minimum absolute atomic E-state index is 0.197. The molecule has 25 heavy (non-hydrogen) atoms. The molecular formula is C21H31NO3. The Kier molecular flexibility index (Phi) is 7.51. The van der Waals surface area contributed by atoms with Gasteiger partial charge in [0, 0.05) is 13.1 Å². The summed E-state index contributed by atoms with van der Waals surface area (Å²) >= 11 is 0. The standard InChI is InChI=1S/C21H31NO3/c1-21(2,3)25-20(23)22-14-9-13-18(16-22)10-7-8-15-24-17-19-11-5-4-6-12-19/h4-7,10-12,18H,8-9,13-17H2,1-3H3/b10-7+/t18-/m0/s1. The van der Waals surface area contributed by atoms with Crippen molar-refractivity contribution in [2.45, 2.75) is 52.2 Å². The first-order chi connectivity index (χ1) is 11.9. The van der Waals surface area contributed by atoms with Crippen molar-refractivity contribution < 1.29 is 14.3 Å². The summed E-state index contributed by atoms with van der Waals surface area (Å²) in [5.41, 5.74) is 0.766. The second-order valence-corrected chi connectivity index (χ2v) is 7.58. The van der Waals surface area contributed by atoms with Gasteiger partial charge in [0.15, 0.2) is 0 Å². The van der Waals surface area contributed by atoms with E-state index < -0.39 is 5.60 Å². The Morgan fingerprint density at radius 3 is 2.76 bits per heavy atom. The highest BCUT2D eigenvalue weighted by molar-refractivity contribution is 5.68. The number of carbonyl (C=O) groups excluding carboxylic acids is 1. The van der Waals surface area contributed by atoms with E-state index in [0.717, 1.165) is 32.4 Å². The van der Waals surface area contributed by atoms with E-state index in [1.165, 1.54) is 5.56 Å². The first-order valence-electron chi connectivity index (χ1n) is 9.20. The molecule has 1 saturated heterocycles. The van der Waals surface area contributed by atoms with Gasteiger partial charge in [-0.25, -0.2) is 4.79 Å². The molecule has 0 radical (unpaired) electrons. The molecule has 0 N–H and O–H groups in total. The molecule has 0 unspecified atom stereocenters. The highest BCUT2D eigenvalue weighted by atomic mass is 16.6. The largest absolute Gasteiger partial charge is 0.444 e. The first kappa shape index (κ1) is 19.5. The van der Waals surface area contributed by atoms with Crippen molar-refractivity contribution in [1.82, 2.24) is 4.90 Å². The van der Waals surface area contributed by atoms with E-state index in [1.807, 2.05) is 43.9 Å². The van der Waals surface area contributed by atoms with Gasteiger partial charge in [-0.3, -0.25) is 0 Å². The summed E-state index contributed by atoms with van der Waals surface area (Å²) in [6, 6.07) is 10.2. The zero-order valence-electron chi connectivity index (χ0n) is 15.7. The molecule has 0 bridgehead atoms. The second-order valence-electron chi connectivity index (χ2n) is 7.58. The molecule has 138 valence electrons. The average molecular weight is 345 g/mol. The number of hydrogen-bond acceptors (Lipinski definition) is 3. The molecule has 1 fully saturated rings. The van der Waals surface area contributed by atoms with E-state index in [1.54, 1.807) is 0 Å². The van der Waals surface area contributed by atoms with E-state index >= 15 is 0 Å². The molecule has 0 aromatic heterocycles. The lowest BCUT2D eigenvalue weighted by Crippen LogP contribution is -2.42. The summed E-state index contributed by atoms with van der Waals surface area (Å²) in [5, 5.41) is 0. The minimum Gasteiger partial charge on any atom is -0.444 e. The van der Waals surface area contributed by atoms with Crippen LogP contribution in [0.3, 0.4) is 0 Å². The topological polar surface area (TPSA) is 38.8 Å². The molecule has 4 nitrogen and oxygen atoms in total. The molecule has 0 saturated carbocycles. The third-order valence-corrected chi connectivity index (χ3v) is 4.06. The Bertz CT molecular complexity index is 548. The summed E-state index contributed by atoms with van der Waals surface area (Å²) < 4.78 is 11.2. The Morgan fingerprint density at radius 2 is 2.04 bits per heavy atom. The fourth-order valence-corrected chi connectivity index (χ4v) is 2.86. The lowest BCUT2D eigenvalue weighted by atomic mass is 9.97. The van der Waals surface area contributed by atoms with Crippen molar-refractivity contribution in [3.05, 3.63) is 48.0 Å². The Morgan fingerprint density at radius 1 is 1.28 bits per heavy atom. The molecule has 1 heterocycles. The molecule has 0 aliphatic carbocycles. The summed E-state index contributed by atoms with van der Waals surface area (Å²) in [7, 11) is 0. The van der Waals surface area contributed by atoms with Gasteiger partial charge in [0.2, 0.25) is 0 Å². The lowest BCUT2D eigenvalue weighted by Gasteiger charge is -2.33. The van der Waals surface area contributed by atoms with Crippen LogP contribution in [0, 0.1) is 5.92 Å². The maximum atomic E-state index is 12.2. The van der Waals surface area contributed by atoms with Crippen LogP contribution in [0.5, 0.6) is 0 Å². The van der Waals surface area contributed by atoms with Crippen molar-refractivity contribution in [2.75, 3.05) is 19.7 Å². The second kappa shape index (κ2) is 9.62. The predicted octanol–water partition coefficient (Wildman–Crippen LogP) is 4.80. The van der Waals surface area contributed by atoms with Crippen LogP contribution in [-0.2, 0) is 16.1 Å². The van der Waals surface area contributed by atoms with E-state index in [-0.39, 0.29) is 6.09 Å². The molecule has 1 aliphatic heterocycles. The van der Waals surface area contributed by atoms with Crippen LogP contribution in [-0.4, -0.2) is 36.3 Å². The van der Waals surface area contributed by atoms with E-state index in [2.05, 4.69) is 24.3 Å². The van der Waals surface area contributed by atoms with Gasteiger partial charge >= 0.3 is 6.09 Å². The van der Waals surface area contributed by atoms with Crippen LogP contribution in [0.1, 0.15) is 45.6 Å². The van der Waals surface area contributed by atoms with Crippen LogP contribution in [0.15, 0.2) is 42.5 Å². The van der Waals surface area contributed by atoms with Gasteiger partial charge in [-0.15, -0.1) is 0 Å². The number of amides is 1. The van der Waals surface area contributed by atoms with Gasteiger partial charge in [0.25, 0.3) is 0 Å². The number of nitrogens with zero attached hydrogens (tertiary/aromatic N) is 1. The maximum absolute atomic E-state index is 12.2. The number of rotatable bonds is 6. The number of likely N-dealkylation sites (tertiary alicyclic amines) is 1. The highest BCUT2D eigenvalue weighted by Crippen LogP contribution is 2.20. The molecule has 4 heteroatoms. The Balaban J connectivity index is 1.66. The fourth-order valence-electron chi connectivity index (χ4n) is 2.86. The minimum atomic E-state index is -0.435. The van der Waals surface area contributed by atoms with Gasteiger partial charge in [0.05, 0.1) is 13.2 Å². The van der Waals surface area contributed by atoms with Crippen LogP contribution in [0.25, 0.3) is 0 Å². The number of hydrogen-bond donors (Lipinski definition) is 0. The molecule has 1 aromatic carbocycles. The Labute approximate surface area is 151 Å². The number of ether oxygens (including phenoxy) is 2. The predicted molar refractivity (Wildman–Crippen MR) is 100 cm³/mol. The molecule has 1 atom stereocenters.